The van der Waals surface area contributed by atoms with Gasteiger partial charge in [0, 0.05) is 72.0 Å². The minimum Gasteiger partial charge on any atom is -0.480 e. The fraction of sp³-hybridized carbons (Fsp3) is 0.615. The summed E-state index contributed by atoms with van der Waals surface area (Å²) in [5.74, 6) is -7.99. The number of nitrogens with one attached hydrogen (secondary N) is 2. The molecule has 0 radical (unpaired) electrons. The summed E-state index contributed by atoms with van der Waals surface area (Å²) in [6.07, 6.45) is 4.07. The molecule has 0 bridgehead atoms. The molecule has 1 aromatic carbocycles. The van der Waals surface area contributed by atoms with E-state index < -0.39 is 119 Å². The zero-order valence-corrected chi connectivity index (χ0v) is 43.6. The van der Waals surface area contributed by atoms with E-state index in [0.717, 1.165) is 39.7 Å². The summed E-state index contributed by atoms with van der Waals surface area (Å²) in [5, 5.41) is 15.5. The van der Waals surface area contributed by atoms with E-state index in [1.165, 1.54) is 31.1 Å². The minimum atomic E-state index is -1.18. The highest BCUT2D eigenvalue weighted by atomic mass is 16.5. The number of methoxy groups -OCH3 is 2. The van der Waals surface area contributed by atoms with Crippen LogP contribution in [0.5, 0.6) is 0 Å². The molecule has 1 fully saturated rings. The summed E-state index contributed by atoms with van der Waals surface area (Å²) in [4.78, 5) is 139. The van der Waals surface area contributed by atoms with Gasteiger partial charge in [0.25, 0.3) is 23.6 Å². The van der Waals surface area contributed by atoms with Gasteiger partial charge in [-0.25, -0.2) is 4.79 Å². The molecule has 396 valence electrons. The van der Waals surface area contributed by atoms with Gasteiger partial charge in [-0.2, -0.15) is 0 Å². The predicted octanol–water partition coefficient (Wildman–Crippen LogP) is 2.34. The molecular weight excluding hydrogens is 931 g/mol. The average Bonchev–Trinajstić information content (AvgIpc) is 4.05. The number of likely N-dealkylation sites (tertiary alicyclic amines) is 1. The third-order valence-electron chi connectivity index (χ3n) is 14.3. The third kappa shape index (κ3) is 14.2. The monoisotopic (exact) mass is 1010 g/mol. The normalized spacial score (nSPS) is 19.5. The van der Waals surface area contributed by atoms with Crippen LogP contribution >= 0.6 is 0 Å². The van der Waals surface area contributed by atoms with Crippen molar-refractivity contribution in [2.24, 2.45) is 23.7 Å². The quantitative estimate of drug-likeness (QED) is 0.107. The van der Waals surface area contributed by atoms with Crippen LogP contribution in [-0.4, -0.2) is 179 Å². The molecule has 4 rings (SSSR count). The van der Waals surface area contributed by atoms with Crippen LogP contribution in [0.4, 0.5) is 0 Å². The molecule has 1 saturated heterocycles. The van der Waals surface area contributed by atoms with Crippen LogP contribution < -0.4 is 10.6 Å². The van der Waals surface area contributed by atoms with Gasteiger partial charge in [0.2, 0.25) is 29.5 Å². The Hall–Kier alpha value is -6.28. The number of hydrogen-bond acceptors (Lipinski definition) is 12. The number of carboxylic acids is 1. The molecule has 20 nitrogen and oxygen atoms in total. The lowest BCUT2D eigenvalue weighted by atomic mass is 9.89. The van der Waals surface area contributed by atoms with Gasteiger partial charge in [0.1, 0.15) is 18.1 Å². The lowest BCUT2D eigenvalue weighted by molar-refractivity contribution is -0.149. The number of nitrogens with zero attached hydrogens (tertiary/aromatic N) is 5. The number of amides is 9. The maximum absolute atomic E-state index is 14.7. The number of hydrogen-bond donors (Lipinski definition) is 3. The van der Waals surface area contributed by atoms with Crippen LogP contribution in [-0.2, 0) is 63.8 Å². The van der Waals surface area contributed by atoms with E-state index in [2.05, 4.69) is 10.6 Å². The highest BCUT2D eigenvalue weighted by Crippen LogP contribution is 2.30. The van der Waals surface area contributed by atoms with Gasteiger partial charge < -0.3 is 39.9 Å². The van der Waals surface area contributed by atoms with E-state index in [-0.39, 0.29) is 44.1 Å². The molecule has 3 aliphatic rings. The Morgan fingerprint density at radius 2 is 1.39 bits per heavy atom. The molecule has 0 spiro atoms. The molecule has 10 atom stereocenters. The first-order valence-electron chi connectivity index (χ1n) is 24.8. The number of likely N-dealkylation sites (N-methyl/N-ethyl adjacent to an activating group) is 2. The topological polar surface area (TPSA) is 250 Å². The van der Waals surface area contributed by atoms with E-state index in [1.807, 2.05) is 19.9 Å². The summed E-state index contributed by atoms with van der Waals surface area (Å²) in [6.45, 7) is 12.7. The molecule has 3 heterocycles. The van der Waals surface area contributed by atoms with Gasteiger partial charge in [0.05, 0.1) is 49.2 Å². The lowest BCUT2D eigenvalue weighted by Gasteiger charge is -2.41. The maximum Gasteiger partial charge on any atom is 0.326 e. The molecule has 0 aromatic heterocycles. The Kier molecular flexibility index (Phi) is 21.4. The zero-order chi connectivity index (χ0) is 53.7. The Labute approximate surface area is 422 Å². The fourth-order valence-corrected chi connectivity index (χ4v) is 10.1. The summed E-state index contributed by atoms with van der Waals surface area (Å²) < 4.78 is 11.9. The van der Waals surface area contributed by atoms with Gasteiger partial charge in [-0.3, -0.25) is 53.0 Å². The van der Waals surface area contributed by atoms with Crippen molar-refractivity contribution in [1.82, 2.24) is 35.1 Å². The number of ether oxygens (including phenoxy) is 2. The third-order valence-corrected chi connectivity index (χ3v) is 14.3. The highest BCUT2D eigenvalue weighted by molar-refractivity contribution is 6.14. The second-order valence-electron chi connectivity index (χ2n) is 19.8. The molecular formula is C52H75N7O13. The SMILES string of the molecule is CCC(C)C(C(CC(=O)N1CCC[C@H]1C(OC)C(C)C(=O)NC(Cc1ccccc1)C(=O)O)OC)N(C)C(=O)C(NC(=O)[C@H](C(C)C)N(C)C(=O)CCC(CN1C(=O)C=CC1=O)N1C(=O)C=CC1=O)C(C)C. The largest absolute Gasteiger partial charge is 0.480 e. The number of benzene rings is 1. The van der Waals surface area contributed by atoms with Crippen LogP contribution in [0, 0.1) is 23.7 Å². The molecule has 8 unspecified atom stereocenters. The first-order chi connectivity index (χ1) is 34.0. The Bertz CT molecular complexity index is 2180. The summed E-state index contributed by atoms with van der Waals surface area (Å²) >= 11 is 0. The molecule has 3 N–H and O–H groups in total. The Morgan fingerprint density at radius 1 is 0.792 bits per heavy atom. The van der Waals surface area contributed by atoms with Crippen LogP contribution in [0.1, 0.15) is 92.6 Å². The highest BCUT2D eigenvalue weighted by Gasteiger charge is 2.44. The standard InChI is InChI=1S/C52H75N7O13/c1-12-32(6)47(38(71-10)28-44(65)57-26-16-19-37(57)48(72-11)33(7)49(66)53-36(52(69)70)27-34-17-14-13-15-18-34)56(9)51(68)45(30(2)3)54-50(67)46(31(4)5)55(8)39(60)21-20-35(59-42(63)24-25-43(59)64)29-58-40(61)22-23-41(58)62/h13-15,17-18,22-25,30-33,35-38,45-48H,12,16,19-21,26-29H2,1-11H3,(H,53,66)(H,54,67)(H,69,70)/t32?,33?,35?,36?,37-,38?,45?,46-,47?,48?/m0/s1. The van der Waals surface area contributed by atoms with E-state index >= 15 is 0 Å². The van der Waals surface area contributed by atoms with E-state index in [0.29, 0.717) is 25.8 Å². The molecule has 3 aliphatic heterocycles. The van der Waals surface area contributed by atoms with Crippen LogP contribution in [0.3, 0.4) is 0 Å². The smallest absolute Gasteiger partial charge is 0.326 e. The van der Waals surface area contributed by atoms with Gasteiger partial charge >= 0.3 is 5.97 Å². The fourth-order valence-electron chi connectivity index (χ4n) is 10.1. The summed E-state index contributed by atoms with van der Waals surface area (Å²) in [5.41, 5.74) is 0.745. The van der Waals surface area contributed by atoms with Crippen molar-refractivity contribution < 1.29 is 62.5 Å². The molecule has 9 amide bonds. The van der Waals surface area contributed by atoms with Crippen molar-refractivity contribution >= 4 is 59.1 Å². The number of aliphatic carboxylic acids is 1. The number of rotatable bonds is 27. The number of carbonyl (C=O) groups is 10. The number of carboxylic acid groups (broad SMARTS) is 1. The second-order valence-corrected chi connectivity index (χ2v) is 19.8. The van der Waals surface area contributed by atoms with Crippen molar-refractivity contribution in [3.8, 4) is 0 Å². The van der Waals surface area contributed by atoms with Crippen LogP contribution in [0.25, 0.3) is 0 Å². The second kappa shape index (κ2) is 26.4. The van der Waals surface area contributed by atoms with Gasteiger partial charge in [-0.15, -0.1) is 0 Å². The molecule has 0 aliphatic carbocycles. The maximum atomic E-state index is 14.7. The van der Waals surface area contributed by atoms with E-state index in [4.69, 9.17) is 9.47 Å². The van der Waals surface area contributed by atoms with Crippen LogP contribution in [0.15, 0.2) is 54.6 Å². The van der Waals surface area contributed by atoms with Crippen molar-refractivity contribution in [2.75, 3.05) is 41.4 Å². The zero-order valence-electron chi connectivity index (χ0n) is 43.6. The first kappa shape index (κ1) is 58.3. The minimum absolute atomic E-state index is 0.0826. The van der Waals surface area contributed by atoms with Crippen LogP contribution in [0.2, 0.25) is 0 Å². The van der Waals surface area contributed by atoms with Gasteiger partial charge in [-0.05, 0) is 42.6 Å². The van der Waals surface area contributed by atoms with Crippen molar-refractivity contribution in [1.29, 1.82) is 0 Å². The van der Waals surface area contributed by atoms with E-state index in [1.54, 1.807) is 70.8 Å². The summed E-state index contributed by atoms with van der Waals surface area (Å²) in [7, 11) is 5.98. The summed E-state index contributed by atoms with van der Waals surface area (Å²) in [6, 6.07) is 3.45. The number of carbonyl (C=O) groups excluding carboxylic acids is 9. The van der Waals surface area contributed by atoms with Gasteiger partial charge in [0.15, 0.2) is 0 Å². The first-order valence-corrected chi connectivity index (χ1v) is 24.8. The average molecular weight is 1010 g/mol. The van der Waals surface area contributed by atoms with Crippen molar-refractivity contribution in [3.05, 3.63) is 60.2 Å². The molecule has 20 heteroatoms. The number of imide groups is 2. The predicted molar refractivity (Wildman–Crippen MR) is 264 cm³/mol. The van der Waals surface area contributed by atoms with Crippen molar-refractivity contribution in [3.63, 3.8) is 0 Å². The molecule has 72 heavy (non-hydrogen) atoms. The lowest BCUT2D eigenvalue weighted by Crippen LogP contribution is -2.60. The van der Waals surface area contributed by atoms with Gasteiger partial charge in [-0.1, -0.05) is 85.2 Å². The Balaban J connectivity index is 1.47. The Morgan fingerprint density at radius 3 is 1.92 bits per heavy atom. The molecule has 0 saturated carbocycles. The van der Waals surface area contributed by atoms with E-state index in [9.17, 15) is 53.1 Å². The van der Waals surface area contributed by atoms with Crippen molar-refractivity contribution in [2.45, 2.75) is 142 Å². The molecule has 1 aromatic rings.